The number of hydrogen-bond donors (Lipinski definition) is 1. The van der Waals surface area contributed by atoms with Crippen LogP contribution >= 0.6 is 0 Å². The summed E-state index contributed by atoms with van der Waals surface area (Å²) in [4.78, 5) is 0. The van der Waals surface area contributed by atoms with E-state index in [9.17, 15) is 0 Å². The molecule has 0 atom stereocenters. The second-order valence-corrected chi connectivity index (χ2v) is 5.40. The summed E-state index contributed by atoms with van der Waals surface area (Å²) in [6, 6.07) is 21.4. The molecule has 0 aliphatic carbocycles. The first-order valence-electron chi connectivity index (χ1n) is 6.84. The average Bonchev–Trinajstić information content (AvgIpc) is 2.47. The van der Waals surface area contributed by atoms with Crippen molar-refractivity contribution in [1.29, 1.82) is 0 Å². The zero-order chi connectivity index (χ0) is 13.7. The number of fused-ring (bicyclic) bond motifs is 6. The van der Waals surface area contributed by atoms with E-state index in [0.29, 0.717) is 0 Å². The van der Waals surface area contributed by atoms with Gasteiger partial charge in [0, 0.05) is 5.69 Å². The molecule has 4 rings (SSSR count). The number of benzene rings is 4. The van der Waals surface area contributed by atoms with E-state index in [-0.39, 0.29) is 0 Å². The Morgan fingerprint density at radius 3 is 1.85 bits per heavy atom. The van der Waals surface area contributed by atoms with Crippen LogP contribution in [0.3, 0.4) is 0 Å². The molecule has 0 aromatic heterocycles. The highest BCUT2D eigenvalue weighted by Crippen LogP contribution is 2.36. The van der Waals surface area contributed by atoms with E-state index in [1.165, 1.54) is 37.9 Å². The number of anilines is 1. The predicted molar refractivity (Wildman–Crippen MR) is 88.1 cm³/mol. The molecule has 0 saturated heterocycles. The predicted octanol–water partition coefficient (Wildman–Crippen LogP) is 5.04. The smallest absolute Gasteiger partial charge is 0.0320 e. The average molecular weight is 257 g/mol. The van der Waals surface area contributed by atoms with Crippen LogP contribution in [-0.4, -0.2) is 0 Å². The molecule has 0 amide bonds. The van der Waals surface area contributed by atoms with Crippen LogP contribution in [0.25, 0.3) is 32.3 Å². The number of aryl methyl sites for hydroxylation is 1. The van der Waals surface area contributed by atoms with E-state index in [1.807, 2.05) is 6.07 Å². The molecule has 0 spiro atoms. The van der Waals surface area contributed by atoms with E-state index >= 15 is 0 Å². The van der Waals surface area contributed by atoms with Crippen molar-refractivity contribution in [2.75, 3.05) is 5.73 Å². The van der Waals surface area contributed by atoms with Gasteiger partial charge in [-0.1, -0.05) is 54.1 Å². The quantitative estimate of drug-likeness (QED) is 0.347. The summed E-state index contributed by atoms with van der Waals surface area (Å²) in [7, 11) is 0. The van der Waals surface area contributed by atoms with Gasteiger partial charge in [-0.3, -0.25) is 0 Å². The lowest BCUT2D eigenvalue weighted by molar-refractivity contribution is 1.51. The lowest BCUT2D eigenvalue weighted by atomic mass is 9.93. The molecule has 1 nitrogen and oxygen atoms in total. The highest BCUT2D eigenvalue weighted by Gasteiger charge is 2.08. The molecule has 4 aromatic carbocycles. The maximum atomic E-state index is 5.98. The van der Waals surface area contributed by atoms with E-state index < -0.39 is 0 Å². The van der Waals surface area contributed by atoms with Gasteiger partial charge in [-0.25, -0.2) is 0 Å². The summed E-state index contributed by atoms with van der Waals surface area (Å²) in [6.07, 6.45) is 0. The number of hydrogen-bond acceptors (Lipinski definition) is 1. The Morgan fingerprint density at radius 1 is 0.600 bits per heavy atom. The Balaban J connectivity index is 2.40. The second-order valence-electron chi connectivity index (χ2n) is 5.40. The van der Waals surface area contributed by atoms with Crippen LogP contribution in [0.15, 0.2) is 60.7 Å². The van der Waals surface area contributed by atoms with Gasteiger partial charge in [0.15, 0.2) is 0 Å². The van der Waals surface area contributed by atoms with E-state index in [2.05, 4.69) is 61.5 Å². The maximum Gasteiger partial charge on any atom is 0.0320 e. The Hall–Kier alpha value is -2.54. The van der Waals surface area contributed by atoms with Gasteiger partial charge in [0.1, 0.15) is 0 Å². The van der Waals surface area contributed by atoms with Crippen LogP contribution in [0.5, 0.6) is 0 Å². The SMILES string of the molecule is Cc1ccc2c3ccc(N)cc3c3ccccc3c2c1. The molecule has 0 saturated carbocycles. The first kappa shape index (κ1) is 11.3. The van der Waals surface area contributed by atoms with Gasteiger partial charge < -0.3 is 5.73 Å². The van der Waals surface area contributed by atoms with Crippen molar-refractivity contribution in [3.63, 3.8) is 0 Å². The van der Waals surface area contributed by atoms with E-state index in [4.69, 9.17) is 5.73 Å². The molecule has 0 fully saturated rings. The molecule has 0 unspecified atom stereocenters. The molecule has 0 aliphatic rings. The first-order chi connectivity index (χ1) is 9.74. The fourth-order valence-electron chi connectivity index (χ4n) is 3.09. The number of nitrogen functional groups attached to an aromatic ring is 1. The molecule has 2 N–H and O–H groups in total. The molecule has 96 valence electrons. The molecule has 20 heavy (non-hydrogen) atoms. The summed E-state index contributed by atoms with van der Waals surface area (Å²) in [5, 5.41) is 7.68. The van der Waals surface area contributed by atoms with Crippen molar-refractivity contribution in [3.05, 3.63) is 66.2 Å². The first-order valence-corrected chi connectivity index (χ1v) is 6.84. The Bertz CT molecular complexity index is 867. The normalized spacial score (nSPS) is 11.4. The second kappa shape index (κ2) is 3.97. The maximum absolute atomic E-state index is 5.98. The van der Waals surface area contributed by atoms with Gasteiger partial charge in [0.2, 0.25) is 0 Å². The van der Waals surface area contributed by atoms with Gasteiger partial charge >= 0.3 is 0 Å². The van der Waals surface area contributed by atoms with Crippen LogP contribution in [0, 0.1) is 6.92 Å². The molecule has 0 bridgehead atoms. The standard InChI is InChI=1S/C19H15N/c1-12-6-8-16-17-9-7-13(20)11-19(17)15-5-3-2-4-14(15)18(16)10-12/h2-11H,20H2,1H3. The third-order valence-corrected chi connectivity index (χ3v) is 4.02. The van der Waals surface area contributed by atoms with Crippen molar-refractivity contribution in [2.24, 2.45) is 0 Å². The Kier molecular flexibility index (Phi) is 2.25. The molecule has 1 heteroatoms. The van der Waals surface area contributed by atoms with Gasteiger partial charge in [-0.15, -0.1) is 0 Å². The fraction of sp³-hybridized carbons (Fsp3) is 0.0526. The van der Waals surface area contributed by atoms with Gasteiger partial charge in [-0.2, -0.15) is 0 Å². The molecular formula is C19H15N. The summed E-state index contributed by atoms with van der Waals surface area (Å²) < 4.78 is 0. The largest absolute Gasteiger partial charge is 0.399 e. The Labute approximate surface area is 117 Å². The summed E-state index contributed by atoms with van der Waals surface area (Å²) >= 11 is 0. The minimum absolute atomic E-state index is 0.814. The van der Waals surface area contributed by atoms with Crippen molar-refractivity contribution in [1.82, 2.24) is 0 Å². The topological polar surface area (TPSA) is 26.0 Å². The third kappa shape index (κ3) is 1.50. The third-order valence-electron chi connectivity index (χ3n) is 4.02. The van der Waals surface area contributed by atoms with Crippen molar-refractivity contribution in [3.8, 4) is 0 Å². The molecule has 0 radical (unpaired) electrons. The fourth-order valence-corrected chi connectivity index (χ4v) is 3.09. The summed E-state index contributed by atoms with van der Waals surface area (Å²) in [5.74, 6) is 0. The molecule has 0 heterocycles. The Morgan fingerprint density at radius 2 is 1.15 bits per heavy atom. The van der Waals surface area contributed by atoms with Gasteiger partial charge in [-0.05, 0) is 51.4 Å². The summed E-state index contributed by atoms with van der Waals surface area (Å²) in [6.45, 7) is 2.14. The molecular weight excluding hydrogens is 242 g/mol. The molecule has 4 aromatic rings. The molecule has 0 aliphatic heterocycles. The van der Waals surface area contributed by atoms with Crippen molar-refractivity contribution in [2.45, 2.75) is 6.92 Å². The minimum Gasteiger partial charge on any atom is -0.399 e. The van der Waals surface area contributed by atoms with Crippen LogP contribution in [0.2, 0.25) is 0 Å². The van der Waals surface area contributed by atoms with Gasteiger partial charge in [0.25, 0.3) is 0 Å². The lowest BCUT2D eigenvalue weighted by Crippen LogP contribution is -1.87. The number of rotatable bonds is 0. The van der Waals surface area contributed by atoms with E-state index in [1.54, 1.807) is 0 Å². The van der Waals surface area contributed by atoms with E-state index in [0.717, 1.165) is 5.69 Å². The summed E-state index contributed by atoms with van der Waals surface area (Å²) in [5.41, 5.74) is 8.09. The highest BCUT2D eigenvalue weighted by molar-refractivity contribution is 6.25. The highest BCUT2D eigenvalue weighted by atomic mass is 14.5. The zero-order valence-electron chi connectivity index (χ0n) is 11.4. The minimum atomic E-state index is 0.814. The van der Waals surface area contributed by atoms with Crippen LogP contribution in [0.4, 0.5) is 5.69 Å². The van der Waals surface area contributed by atoms with Crippen LogP contribution < -0.4 is 5.73 Å². The zero-order valence-corrected chi connectivity index (χ0v) is 11.4. The van der Waals surface area contributed by atoms with Crippen molar-refractivity contribution < 1.29 is 0 Å². The number of nitrogens with two attached hydrogens (primary N) is 1. The van der Waals surface area contributed by atoms with Crippen molar-refractivity contribution >= 4 is 38.0 Å². The monoisotopic (exact) mass is 257 g/mol. The van der Waals surface area contributed by atoms with Crippen LogP contribution in [-0.2, 0) is 0 Å². The van der Waals surface area contributed by atoms with Gasteiger partial charge in [0.05, 0.1) is 0 Å². The lowest BCUT2D eigenvalue weighted by Gasteiger charge is -2.11. The van der Waals surface area contributed by atoms with Crippen LogP contribution in [0.1, 0.15) is 5.56 Å².